The second-order valence-electron chi connectivity index (χ2n) is 7.01. The van der Waals surface area contributed by atoms with E-state index in [0.29, 0.717) is 6.54 Å². The summed E-state index contributed by atoms with van der Waals surface area (Å²) in [6.45, 7) is 0.554. The third-order valence-corrected chi connectivity index (χ3v) is 6.07. The Balaban J connectivity index is 1.44. The number of urea groups is 1. The van der Waals surface area contributed by atoms with Gasteiger partial charge in [0.05, 0.1) is 7.11 Å². The van der Waals surface area contributed by atoms with Gasteiger partial charge in [0.1, 0.15) is 17.6 Å². The largest absolute Gasteiger partial charge is 0.497 e. The molecule has 0 aliphatic rings. The fraction of sp³-hybridized carbons (Fsp3) is 0.217. The van der Waals surface area contributed by atoms with Gasteiger partial charge in [-0.05, 0) is 46.5 Å². The number of imidazole rings is 1. The molecule has 0 bridgehead atoms. The van der Waals surface area contributed by atoms with Gasteiger partial charge in [-0.25, -0.2) is 9.78 Å². The highest BCUT2D eigenvalue weighted by atomic mass is 32.1. The van der Waals surface area contributed by atoms with Crippen LogP contribution in [0.5, 0.6) is 5.75 Å². The van der Waals surface area contributed by atoms with Crippen molar-refractivity contribution in [3.8, 4) is 5.75 Å². The highest BCUT2D eigenvalue weighted by Crippen LogP contribution is 2.26. The molecule has 4 rings (SSSR count). The van der Waals surface area contributed by atoms with Gasteiger partial charge in [-0.3, -0.25) is 0 Å². The van der Waals surface area contributed by atoms with Crippen LogP contribution in [0.15, 0.2) is 66.3 Å². The summed E-state index contributed by atoms with van der Waals surface area (Å²) in [4.78, 5) is 17.1. The average molecular weight is 421 g/mol. The van der Waals surface area contributed by atoms with Crippen molar-refractivity contribution in [2.75, 3.05) is 13.7 Å². The minimum absolute atomic E-state index is 0.231. The van der Waals surface area contributed by atoms with Gasteiger partial charge in [-0.2, -0.15) is 0 Å². The molecule has 0 saturated heterocycles. The number of fused-ring (bicyclic) bond motifs is 1. The third-order valence-electron chi connectivity index (χ3n) is 5.06. The smallest absolute Gasteiger partial charge is 0.315 e. The summed E-state index contributed by atoms with van der Waals surface area (Å²) in [5, 5.41) is 9.46. The zero-order valence-corrected chi connectivity index (χ0v) is 17.8. The number of thiophene rings is 1. The van der Waals surface area contributed by atoms with E-state index in [9.17, 15) is 4.79 Å². The van der Waals surface area contributed by atoms with Crippen molar-refractivity contribution in [3.63, 3.8) is 0 Å². The number of methoxy groups -OCH3 is 1. The monoisotopic (exact) mass is 420 g/mol. The maximum atomic E-state index is 12.7. The highest BCUT2D eigenvalue weighted by molar-refractivity contribution is 7.17. The van der Waals surface area contributed by atoms with E-state index in [1.165, 1.54) is 15.6 Å². The Hall–Kier alpha value is -3.32. The SMILES string of the molecule is COc1cccc(C(NC(=O)NCCc2csc3ccccc23)c2nccn2C)c1. The van der Waals surface area contributed by atoms with E-state index in [4.69, 9.17) is 4.74 Å². The zero-order valence-electron chi connectivity index (χ0n) is 17.0. The van der Waals surface area contributed by atoms with Gasteiger partial charge in [-0.1, -0.05) is 30.3 Å². The van der Waals surface area contributed by atoms with Gasteiger partial charge < -0.3 is 19.9 Å². The Morgan fingerprint density at radius 1 is 1.23 bits per heavy atom. The second-order valence-corrected chi connectivity index (χ2v) is 7.92. The number of carbonyl (C=O) groups is 1. The molecule has 2 amide bonds. The molecule has 0 fully saturated rings. The van der Waals surface area contributed by atoms with Crippen LogP contribution in [-0.4, -0.2) is 29.2 Å². The molecule has 2 N–H and O–H groups in total. The Kier molecular flexibility index (Phi) is 5.99. The fourth-order valence-corrected chi connectivity index (χ4v) is 4.49. The van der Waals surface area contributed by atoms with Gasteiger partial charge in [0.2, 0.25) is 0 Å². The first-order valence-corrected chi connectivity index (χ1v) is 10.6. The van der Waals surface area contributed by atoms with Crippen LogP contribution in [0.1, 0.15) is 23.0 Å². The third kappa shape index (κ3) is 4.31. The normalized spacial score (nSPS) is 11.9. The lowest BCUT2D eigenvalue weighted by atomic mass is 10.1. The molecule has 0 spiro atoms. The van der Waals surface area contributed by atoms with Crippen LogP contribution >= 0.6 is 11.3 Å². The summed E-state index contributed by atoms with van der Waals surface area (Å²) in [7, 11) is 3.54. The first-order chi connectivity index (χ1) is 14.7. The highest BCUT2D eigenvalue weighted by Gasteiger charge is 2.21. The van der Waals surface area contributed by atoms with E-state index in [2.05, 4.69) is 33.1 Å². The number of ether oxygens (including phenoxy) is 1. The molecule has 0 aliphatic carbocycles. The number of aryl methyl sites for hydroxylation is 1. The predicted octanol–water partition coefficient (Wildman–Crippen LogP) is 4.27. The van der Waals surface area contributed by atoms with Crippen molar-refractivity contribution in [1.29, 1.82) is 0 Å². The van der Waals surface area contributed by atoms with Crippen LogP contribution in [0.3, 0.4) is 0 Å². The Bertz CT molecular complexity index is 1150. The number of hydrogen-bond donors (Lipinski definition) is 2. The molecule has 1 unspecified atom stereocenters. The topological polar surface area (TPSA) is 68.2 Å². The van der Waals surface area contributed by atoms with Gasteiger partial charge in [-0.15, -0.1) is 11.3 Å². The van der Waals surface area contributed by atoms with Gasteiger partial charge in [0.25, 0.3) is 0 Å². The number of nitrogens with zero attached hydrogens (tertiary/aromatic N) is 2. The molecule has 154 valence electrons. The molecule has 30 heavy (non-hydrogen) atoms. The lowest BCUT2D eigenvalue weighted by Gasteiger charge is -2.20. The zero-order chi connectivity index (χ0) is 20.9. The molecular formula is C23H24N4O2S. The Morgan fingerprint density at radius 2 is 2.10 bits per heavy atom. The standard InChI is InChI=1S/C23H24N4O2S/c1-27-13-12-24-22(27)21(16-6-5-7-18(14-16)29-2)26-23(28)25-11-10-17-15-30-20-9-4-3-8-19(17)20/h3-9,12-15,21H,10-11H2,1-2H3,(H2,25,26,28). The van der Waals surface area contributed by atoms with Gasteiger partial charge >= 0.3 is 6.03 Å². The summed E-state index contributed by atoms with van der Waals surface area (Å²) >= 11 is 1.73. The number of nitrogens with one attached hydrogen (secondary N) is 2. The van der Waals surface area contributed by atoms with Crippen molar-refractivity contribution in [2.24, 2.45) is 7.05 Å². The maximum Gasteiger partial charge on any atom is 0.315 e. The predicted molar refractivity (Wildman–Crippen MR) is 120 cm³/mol. The average Bonchev–Trinajstić information content (AvgIpc) is 3.38. The number of amides is 2. The molecule has 0 aliphatic heterocycles. The van der Waals surface area contributed by atoms with Crippen LogP contribution < -0.4 is 15.4 Å². The summed E-state index contributed by atoms with van der Waals surface area (Å²) in [6, 6.07) is 15.4. The van der Waals surface area contributed by atoms with Crippen LogP contribution in [0.25, 0.3) is 10.1 Å². The molecule has 0 radical (unpaired) electrons. The molecule has 0 saturated carbocycles. The summed E-state index contributed by atoms with van der Waals surface area (Å²) in [6.07, 6.45) is 4.37. The second kappa shape index (κ2) is 9.00. The number of rotatable bonds is 7. The summed E-state index contributed by atoms with van der Waals surface area (Å²) in [5.41, 5.74) is 2.16. The molecule has 6 nitrogen and oxygen atoms in total. The van der Waals surface area contributed by atoms with E-state index in [-0.39, 0.29) is 12.1 Å². The summed E-state index contributed by atoms with van der Waals surface area (Å²) in [5.74, 6) is 1.49. The lowest BCUT2D eigenvalue weighted by Crippen LogP contribution is -2.40. The first-order valence-electron chi connectivity index (χ1n) is 9.76. The van der Waals surface area contributed by atoms with E-state index in [0.717, 1.165) is 23.6 Å². The van der Waals surface area contributed by atoms with Crippen LogP contribution in [-0.2, 0) is 13.5 Å². The quantitative estimate of drug-likeness (QED) is 0.469. The van der Waals surface area contributed by atoms with Crippen LogP contribution in [0, 0.1) is 0 Å². The molecule has 2 heterocycles. The Morgan fingerprint density at radius 3 is 2.90 bits per heavy atom. The van der Waals surface area contributed by atoms with E-state index in [1.54, 1.807) is 24.6 Å². The van der Waals surface area contributed by atoms with E-state index < -0.39 is 0 Å². The molecule has 4 aromatic rings. The minimum atomic E-state index is -0.387. The van der Waals surface area contributed by atoms with E-state index >= 15 is 0 Å². The minimum Gasteiger partial charge on any atom is -0.497 e. The number of benzene rings is 2. The van der Waals surface area contributed by atoms with Crippen molar-refractivity contribution in [2.45, 2.75) is 12.5 Å². The molecule has 2 aromatic heterocycles. The van der Waals surface area contributed by atoms with Crippen molar-refractivity contribution >= 4 is 27.5 Å². The van der Waals surface area contributed by atoms with Crippen molar-refractivity contribution in [1.82, 2.24) is 20.2 Å². The molecular weight excluding hydrogens is 396 g/mol. The van der Waals surface area contributed by atoms with Crippen molar-refractivity contribution < 1.29 is 9.53 Å². The van der Waals surface area contributed by atoms with E-state index in [1.807, 2.05) is 54.2 Å². The first kappa shape index (κ1) is 20.0. The Labute approximate surface area is 179 Å². The van der Waals surface area contributed by atoms with Crippen LogP contribution in [0.4, 0.5) is 4.79 Å². The number of carbonyl (C=O) groups excluding carboxylic acids is 1. The van der Waals surface area contributed by atoms with Gasteiger partial charge in [0, 0.05) is 30.7 Å². The molecule has 2 aromatic carbocycles. The van der Waals surface area contributed by atoms with Gasteiger partial charge in [0.15, 0.2) is 0 Å². The summed E-state index contributed by atoms with van der Waals surface area (Å²) < 4.78 is 8.52. The lowest BCUT2D eigenvalue weighted by molar-refractivity contribution is 0.238. The molecule has 7 heteroatoms. The molecule has 1 atom stereocenters. The maximum absolute atomic E-state index is 12.7. The fourth-order valence-electron chi connectivity index (χ4n) is 3.49. The van der Waals surface area contributed by atoms with Crippen LogP contribution in [0.2, 0.25) is 0 Å². The number of hydrogen-bond acceptors (Lipinski definition) is 4. The number of aromatic nitrogens is 2. The van der Waals surface area contributed by atoms with Crippen molar-refractivity contribution in [3.05, 3.63) is 83.3 Å².